The number of nitrogens with one attached hydrogen (secondary N) is 1. The maximum absolute atomic E-state index is 12.3. The molecule has 27 heavy (non-hydrogen) atoms. The zero-order valence-corrected chi connectivity index (χ0v) is 15.6. The van der Waals surface area contributed by atoms with E-state index in [4.69, 9.17) is 4.74 Å². The highest BCUT2D eigenvalue weighted by Gasteiger charge is 2.22. The summed E-state index contributed by atoms with van der Waals surface area (Å²) in [4.78, 5) is 28.4. The molecule has 0 unspecified atom stereocenters. The van der Waals surface area contributed by atoms with Gasteiger partial charge in [-0.15, -0.1) is 0 Å². The van der Waals surface area contributed by atoms with Gasteiger partial charge in [-0.2, -0.15) is 0 Å². The van der Waals surface area contributed by atoms with Crippen molar-refractivity contribution in [3.8, 4) is 5.69 Å². The number of anilines is 1. The van der Waals surface area contributed by atoms with E-state index in [0.29, 0.717) is 22.4 Å². The first kappa shape index (κ1) is 18.4. The molecule has 3 aromatic rings. The second kappa shape index (κ2) is 6.75. The van der Waals surface area contributed by atoms with Crippen molar-refractivity contribution in [1.82, 2.24) is 9.55 Å². The van der Waals surface area contributed by atoms with E-state index < -0.39 is 17.7 Å². The Morgan fingerprint density at radius 3 is 2.59 bits per heavy atom. The molecule has 3 rings (SSSR count). The number of fused-ring (bicyclic) bond motifs is 1. The van der Waals surface area contributed by atoms with Crippen LogP contribution in [-0.4, -0.2) is 32.3 Å². The number of ether oxygens (including phenoxy) is 1. The van der Waals surface area contributed by atoms with E-state index >= 15 is 0 Å². The van der Waals surface area contributed by atoms with Crippen LogP contribution in [0.4, 0.5) is 10.5 Å². The minimum atomic E-state index is -1.08. The Balaban J connectivity index is 2.18. The van der Waals surface area contributed by atoms with Crippen LogP contribution in [0.1, 0.15) is 36.8 Å². The van der Waals surface area contributed by atoms with E-state index in [0.717, 1.165) is 5.56 Å². The Labute approximate surface area is 156 Å². The molecule has 7 nitrogen and oxygen atoms in total. The van der Waals surface area contributed by atoms with Crippen LogP contribution < -0.4 is 5.32 Å². The van der Waals surface area contributed by atoms with E-state index in [1.54, 1.807) is 61.9 Å². The van der Waals surface area contributed by atoms with Crippen LogP contribution in [0.25, 0.3) is 16.7 Å². The second-order valence-corrected chi connectivity index (χ2v) is 7.18. The van der Waals surface area contributed by atoms with Crippen LogP contribution >= 0.6 is 0 Å². The van der Waals surface area contributed by atoms with Crippen molar-refractivity contribution in [3.63, 3.8) is 0 Å². The third kappa shape index (κ3) is 3.76. The van der Waals surface area contributed by atoms with Gasteiger partial charge in [-0.3, -0.25) is 9.88 Å². The first-order valence-electron chi connectivity index (χ1n) is 8.47. The molecule has 0 saturated carbocycles. The lowest BCUT2D eigenvalue weighted by molar-refractivity contribution is 0.0634. The molecule has 0 spiro atoms. The molecule has 0 radical (unpaired) electrons. The summed E-state index contributed by atoms with van der Waals surface area (Å²) < 4.78 is 6.87. The number of nitrogens with zero attached hydrogens (tertiary/aromatic N) is 2. The molecule has 0 saturated heterocycles. The van der Waals surface area contributed by atoms with Crippen molar-refractivity contribution < 1.29 is 19.4 Å². The van der Waals surface area contributed by atoms with Crippen LogP contribution in [0.3, 0.4) is 0 Å². The number of aromatic carboxylic acids is 1. The predicted octanol–water partition coefficient (Wildman–Crippen LogP) is 4.38. The summed E-state index contributed by atoms with van der Waals surface area (Å²) in [6.07, 6.45) is 0.986. The minimum Gasteiger partial charge on any atom is -0.477 e. The van der Waals surface area contributed by atoms with Gasteiger partial charge in [0.1, 0.15) is 16.9 Å². The van der Waals surface area contributed by atoms with Crippen molar-refractivity contribution in [3.05, 3.63) is 53.9 Å². The fourth-order valence-corrected chi connectivity index (χ4v) is 2.89. The topological polar surface area (TPSA) is 93.5 Å². The van der Waals surface area contributed by atoms with Crippen LogP contribution in [-0.2, 0) is 4.74 Å². The Hall–Kier alpha value is -3.35. The van der Waals surface area contributed by atoms with E-state index in [2.05, 4.69) is 10.3 Å². The number of aryl methyl sites for hydroxylation is 1. The van der Waals surface area contributed by atoms with Gasteiger partial charge >= 0.3 is 12.1 Å². The molecule has 2 heterocycles. The van der Waals surface area contributed by atoms with Crippen LogP contribution in [0, 0.1) is 6.92 Å². The first-order valence-corrected chi connectivity index (χ1v) is 8.47. The van der Waals surface area contributed by atoms with E-state index in [1.165, 1.54) is 0 Å². The number of carbonyl (C=O) groups excluding carboxylic acids is 1. The number of amides is 1. The number of rotatable bonds is 3. The molecule has 0 atom stereocenters. The highest BCUT2D eigenvalue weighted by atomic mass is 16.6. The third-order valence-electron chi connectivity index (χ3n) is 3.88. The summed E-state index contributed by atoms with van der Waals surface area (Å²) >= 11 is 0. The molecule has 0 aliphatic rings. The number of hydrogen-bond acceptors (Lipinski definition) is 4. The smallest absolute Gasteiger partial charge is 0.412 e. The Bertz CT molecular complexity index is 1030. The molecule has 7 heteroatoms. The molecule has 0 fully saturated rings. The van der Waals surface area contributed by atoms with Gasteiger partial charge < -0.3 is 9.84 Å². The number of carboxylic acid groups (broad SMARTS) is 1. The fourth-order valence-electron chi connectivity index (χ4n) is 2.89. The van der Waals surface area contributed by atoms with E-state index in [-0.39, 0.29) is 5.69 Å². The second-order valence-electron chi connectivity index (χ2n) is 7.18. The average Bonchev–Trinajstić information content (AvgIpc) is 2.93. The Morgan fingerprint density at radius 1 is 1.19 bits per heavy atom. The molecule has 0 aliphatic heterocycles. The number of pyridine rings is 1. The van der Waals surface area contributed by atoms with Gasteiger partial charge in [-0.1, -0.05) is 12.1 Å². The molecule has 140 valence electrons. The van der Waals surface area contributed by atoms with Gasteiger partial charge in [0.15, 0.2) is 0 Å². The summed E-state index contributed by atoms with van der Waals surface area (Å²) in [6, 6.07) is 10.4. The van der Waals surface area contributed by atoms with Crippen molar-refractivity contribution >= 4 is 28.8 Å². The van der Waals surface area contributed by atoms with Gasteiger partial charge in [0.2, 0.25) is 0 Å². The minimum absolute atomic E-state index is 0.0604. The standard InChI is InChI=1S/C20H21N3O4/c1-12-7-5-9-14(22-19(26)27-20(2,3)4)16(12)23-15(18(24)25)11-13-8-6-10-21-17(13)23/h5-11H,1-4H3,(H,22,26)(H,24,25). The molecular weight excluding hydrogens is 346 g/mol. The number of carboxylic acids is 1. The van der Waals surface area contributed by atoms with Gasteiger partial charge in [-0.25, -0.2) is 14.6 Å². The molecule has 0 aliphatic carbocycles. The SMILES string of the molecule is Cc1cccc(NC(=O)OC(C)(C)C)c1-n1c(C(=O)O)cc2cccnc21. The zero-order valence-electron chi connectivity index (χ0n) is 15.6. The maximum Gasteiger partial charge on any atom is 0.412 e. The zero-order chi connectivity index (χ0) is 19.8. The monoisotopic (exact) mass is 367 g/mol. The molecule has 1 amide bonds. The lowest BCUT2D eigenvalue weighted by Gasteiger charge is -2.21. The lowest BCUT2D eigenvalue weighted by atomic mass is 10.1. The highest BCUT2D eigenvalue weighted by molar-refractivity contribution is 5.97. The molecule has 0 bridgehead atoms. The highest BCUT2D eigenvalue weighted by Crippen LogP contribution is 2.31. The largest absolute Gasteiger partial charge is 0.477 e. The van der Waals surface area contributed by atoms with Crippen molar-refractivity contribution in [2.45, 2.75) is 33.3 Å². The van der Waals surface area contributed by atoms with Crippen LogP contribution in [0.2, 0.25) is 0 Å². The predicted molar refractivity (Wildman–Crippen MR) is 103 cm³/mol. The lowest BCUT2D eigenvalue weighted by Crippen LogP contribution is -2.27. The number of hydrogen-bond donors (Lipinski definition) is 2. The van der Waals surface area contributed by atoms with Gasteiger partial charge in [-0.05, 0) is 57.5 Å². The normalized spacial score (nSPS) is 11.4. The summed E-state index contributed by atoms with van der Waals surface area (Å²) in [7, 11) is 0. The van der Waals surface area contributed by atoms with Crippen LogP contribution in [0.5, 0.6) is 0 Å². The van der Waals surface area contributed by atoms with Gasteiger partial charge in [0.25, 0.3) is 0 Å². The first-order chi connectivity index (χ1) is 12.7. The van der Waals surface area contributed by atoms with Crippen molar-refractivity contribution in [2.75, 3.05) is 5.32 Å². The third-order valence-corrected chi connectivity index (χ3v) is 3.88. The van der Waals surface area contributed by atoms with Gasteiger partial charge in [0, 0.05) is 11.6 Å². The number of aromatic nitrogens is 2. The van der Waals surface area contributed by atoms with Crippen LogP contribution in [0.15, 0.2) is 42.6 Å². The maximum atomic E-state index is 12.3. The summed E-state index contributed by atoms with van der Waals surface area (Å²) in [6.45, 7) is 7.16. The quantitative estimate of drug-likeness (QED) is 0.716. The van der Waals surface area contributed by atoms with E-state index in [9.17, 15) is 14.7 Å². The summed E-state index contributed by atoms with van der Waals surface area (Å²) in [5.41, 5.74) is 1.67. The van der Waals surface area contributed by atoms with Crippen molar-refractivity contribution in [2.24, 2.45) is 0 Å². The molecule has 2 aromatic heterocycles. The number of para-hydroxylation sites is 1. The molecular formula is C20H21N3O4. The van der Waals surface area contributed by atoms with Gasteiger partial charge in [0.05, 0.1) is 11.4 Å². The van der Waals surface area contributed by atoms with Crippen molar-refractivity contribution in [1.29, 1.82) is 0 Å². The summed E-state index contributed by atoms with van der Waals surface area (Å²) in [5.74, 6) is -1.08. The molecule has 2 N–H and O–H groups in total. The van der Waals surface area contributed by atoms with E-state index in [1.807, 2.05) is 13.0 Å². The molecule has 1 aromatic carbocycles. The number of carbonyl (C=O) groups is 2. The average molecular weight is 367 g/mol. The summed E-state index contributed by atoms with van der Waals surface area (Å²) in [5, 5.41) is 13.1. The number of benzene rings is 1. The fraction of sp³-hybridized carbons (Fsp3) is 0.250. The Kier molecular flexibility index (Phi) is 4.61. The Morgan fingerprint density at radius 2 is 1.93 bits per heavy atom.